The summed E-state index contributed by atoms with van der Waals surface area (Å²) < 4.78 is 13.2. The van der Waals surface area contributed by atoms with Crippen molar-refractivity contribution in [3.63, 3.8) is 0 Å². The van der Waals surface area contributed by atoms with Crippen LogP contribution in [0.1, 0.15) is 0 Å². The van der Waals surface area contributed by atoms with E-state index in [0.717, 1.165) is 82.9 Å². The van der Waals surface area contributed by atoms with Crippen molar-refractivity contribution in [2.75, 3.05) is 0 Å². The van der Waals surface area contributed by atoms with Crippen LogP contribution in [0.5, 0.6) is 0 Å². The predicted molar refractivity (Wildman–Crippen MR) is 205 cm³/mol. The molecule has 0 saturated carbocycles. The number of furan rings is 2. The van der Waals surface area contributed by atoms with Crippen LogP contribution in [0, 0.1) is 0 Å². The van der Waals surface area contributed by atoms with Crippen LogP contribution in [-0.4, -0.2) is 9.97 Å². The number of fused-ring (bicyclic) bond motifs is 6. The highest BCUT2D eigenvalue weighted by molar-refractivity contribution is 6.34. The molecule has 0 unspecified atom stereocenters. The van der Waals surface area contributed by atoms with E-state index in [2.05, 4.69) is 127 Å². The molecule has 3 heterocycles. The molecule has 4 nitrogen and oxygen atoms in total. The minimum absolute atomic E-state index is 0.621. The highest BCUT2D eigenvalue weighted by Gasteiger charge is 2.23. The normalized spacial score (nSPS) is 12.0. The molecule has 3 aromatic heterocycles. The van der Waals surface area contributed by atoms with E-state index in [1.165, 1.54) is 16.2 Å². The standard InChI is InChI=1S/C46H26N2O2/c1-3-12-27(13-4-1)29-16-11-17-30(22-29)43-45-44(35-20-9-10-21-38(35)50-45)48-46(47-43)32-24-37-34-19-8-7-18-33(34)36-23-31(28-14-5-2-6-15-28)25-39-41(36)42(37)40(26-32)49-39/h1-26H. The first-order chi connectivity index (χ1) is 24.8. The van der Waals surface area contributed by atoms with Gasteiger partial charge in [0.15, 0.2) is 11.4 Å². The van der Waals surface area contributed by atoms with Gasteiger partial charge < -0.3 is 8.83 Å². The van der Waals surface area contributed by atoms with Gasteiger partial charge in [-0.25, -0.2) is 9.97 Å². The van der Waals surface area contributed by atoms with Crippen LogP contribution >= 0.6 is 0 Å². The van der Waals surface area contributed by atoms with Gasteiger partial charge >= 0.3 is 0 Å². The Morgan fingerprint density at radius 1 is 0.340 bits per heavy atom. The van der Waals surface area contributed by atoms with E-state index in [-0.39, 0.29) is 0 Å². The van der Waals surface area contributed by atoms with E-state index in [1.54, 1.807) is 0 Å². The van der Waals surface area contributed by atoms with Crippen molar-refractivity contribution in [1.82, 2.24) is 9.97 Å². The maximum absolute atomic E-state index is 6.76. The van der Waals surface area contributed by atoms with E-state index < -0.39 is 0 Å². The second-order valence-corrected chi connectivity index (χ2v) is 12.9. The summed E-state index contributed by atoms with van der Waals surface area (Å²) in [5.41, 5.74) is 11.1. The number of rotatable bonds is 4. The SMILES string of the molecule is c1ccc(-c2cccc(-c3nc(-c4cc5oc6cc(-c7ccccc7)cc7c8ccccc8c(c4)c5c67)nc4c3oc3ccccc34)c2)cc1. The van der Waals surface area contributed by atoms with Crippen LogP contribution in [-0.2, 0) is 0 Å². The summed E-state index contributed by atoms with van der Waals surface area (Å²) in [5.74, 6) is 0.621. The molecule has 0 fully saturated rings. The van der Waals surface area contributed by atoms with Crippen LogP contribution in [0.4, 0.5) is 0 Å². The molecule has 0 spiro atoms. The van der Waals surface area contributed by atoms with E-state index >= 15 is 0 Å². The highest BCUT2D eigenvalue weighted by atomic mass is 16.3. The molecule has 232 valence electrons. The first-order valence-corrected chi connectivity index (χ1v) is 16.8. The van der Waals surface area contributed by atoms with Crippen molar-refractivity contribution < 1.29 is 8.83 Å². The zero-order valence-electron chi connectivity index (χ0n) is 26.7. The maximum atomic E-state index is 6.76. The Bertz CT molecular complexity index is 3080. The van der Waals surface area contributed by atoms with Crippen molar-refractivity contribution in [1.29, 1.82) is 0 Å². The molecule has 4 heteroatoms. The van der Waals surface area contributed by atoms with E-state index in [1.807, 2.05) is 30.3 Å². The number of hydrogen-bond acceptors (Lipinski definition) is 4. The Labute approximate surface area is 286 Å². The largest absolute Gasteiger partial charge is 0.456 e. The fourth-order valence-electron chi connectivity index (χ4n) is 7.72. The Balaban J connectivity index is 1.20. The molecule has 11 rings (SSSR count). The summed E-state index contributed by atoms with van der Waals surface area (Å²) in [6, 6.07) is 54.9. The van der Waals surface area contributed by atoms with Gasteiger partial charge in [0.05, 0.1) is 0 Å². The number of para-hydroxylation sites is 1. The Kier molecular flexibility index (Phi) is 5.63. The lowest BCUT2D eigenvalue weighted by Crippen LogP contribution is -1.94. The Morgan fingerprint density at radius 2 is 0.900 bits per heavy atom. The molecule has 50 heavy (non-hydrogen) atoms. The van der Waals surface area contributed by atoms with Gasteiger partial charge in [0.2, 0.25) is 0 Å². The number of aromatic nitrogens is 2. The lowest BCUT2D eigenvalue weighted by Gasteiger charge is -2.12. The van der Waals surface area contributed by atoms with Gasteiger partial charge in [-0.2, -0.15) is 0 Å². The van der Waals surface area contributed by atoms with Crippen molar-refractivity contribution in [3.8, 4) is 44.9 Å². The number of benzene rings is 8. The third-order valence-electron chi connectivity index (χ3n) is 10.0. The van der Waals surface area contributed by atoms with Gasteiger partial charge in [-0.1, -0.05) is 115 Å². The smallest absolute Gasteiger partial charge is 0.180 e. The van der Waals surface area contributed by atoms with Crippen LogP contribution in [0.2, 0.25) is 0 Å². The molecule has 0 atom stereocenters. The molecule has 0 saturated heterocycles. The zero-order chi connectivity index (χ0) is 32.8. The monoisotopic (exact) mass is 638 g/mol. The predicted octanol–water partition coefficient (Wildman–Crippen LogP) is 12.7. The molecule has 0 N–H and O–H groups in total. The average molecular weight is 639 g/mol. The van der Waals surface area contributed by atoms with Gasteiger partial charge in [-0.05, 0) is 86.3 Å². The van der Waals surface area contributed by atoms with Gasteiger partial charge in [0, 0.05) is 27.3 Å². The molecular formula is C46H26N2O2. The fraction of sp³-hybridized carbons (Fsp3) is 0. The molecule has 0 amide bonds. The first-order valence-electron chi connectivity index (χ1n) is 16.8. The van der Waals surface area contributed by atoms with Crippen LogP contribution in [0.15, 0.2) is 167 Å². The topological polar surface area (TPSA) is 52.1 Å². The average Bonchev–Trinajstić information content (AvgIpc) is 3.76. The summed E-state index contributed by atoms with van der Waals surface area (Å²) in [5, 5.41) is 7.92. The number of nitrogens with zero attached hydrogens (tertiary/aromatic N) is 2. The minimum Gasteiger partial charge on any atom is -0.456 e. The third-order valence-corrected chi connectivity index (χ3v) is 10.0. The lowest BCUT2D eigenvalue weighted by atomic mass is 9.91. The Hall–Kier alpha value is -6.78. The van der Waals surface area contributed by atoms with Crippen molar-refractivity contribution in [2.45, 2.75) is 0 Å². The van der Waals surface area contributed by atoms with Gasteiger partial charge in [-0.15, -0.1) is 0 Å². The summed E-state index contributed by atoms with van der Waals surface area (Å²) >= 11 is 0. The van der Waals surface area contributed by atoms with Crippen molar-refractivity contribution in [2.24, 2.45) is 0 Å². The van der Waals surface area contributed by atoms with Crippen LogP contribution < -0.4 is 0 Å². The fourth-order valence-corrected chi connectivity index (χ4v) is 7.72. The lowest BCUT2D eigenvalue weighted by molar-refractivity contribution is 0.667. The molecule has 0 bridgehead atoms. The molecule has 0 aliphatic heterocycles. The second kappa shape index (κ2) is 10.4. The van der Waals surface area contributed by atoms with E-state index in [4.69, 9.17) is 18.8 Å². The quantitative estimate of drug-likeness (QED) is 0.180. The maximum Gasteiger partial charge on any atom is 0.180 e. The molecule has 0 aliphatic carbocycles. The second-order valence-electron chi connectivity index (χ2n) is 12.9. The molecule has 0 aliphatic rings. The summed E-state index contributed by atoms with van der Waals surface area (Å²) in [4.78, 5) is 10.5. The third kappa shape index (κ3) is 3.99. The summed E-state index contributed by atoms with van der Waals surface area (Å²) in [6.07, 6.45) is 0. The van der Waals surface area contributed by atoms with Crippen molar-refractivity contribution in [3.05, 3.63) is 158 Å². The van der Waals surface area contributed by atoms with Crippen LogP contribution in [0.3, 0.4) is 0 Å². The highest BCUT2D eigenvalue weighted by Crippen LogP contribution is 2.46. The summed E-state index contributed by atoms with van der Waals surface area (Å²) in [6.45, 7) is 0. The Morgan fingerprint density at radius 3 is 1.62 bits per heavy atom. The summed E-state index contributed by atoms with van der Waals surface area (Å²) in [7, 11) is 0. The minimum atomic E-state index is 0.621. The van der Waals surface area contributed by atoms with Gasteiger partial charge in [0.25, 0.3) is 0 Å². The van der Waals surface area contributed by atoms with E-state index in [0.29, 0.717) is 11.4 Å². The first kappa shape index (κ1) is 27.2. The van der Waals surface area contributed by atoms with Gasteiger partial charge in [0.1, 0.15) is 28.0 Å². The van der Waals surface area contributed by atoms with Crippen molar-refractivity contribution >= 4 is 65.6 Å². The van der Waals surface area contributed by atoms with Crippen LogP contribution in [0.25, 0.3) is 110 Å². The molecule has 8 aromatic carbocycles. The number of hydrogen-bond donors (Lipinski definition) is 0. The molecule has 11 aromatic rings. The van der Waals surface area contributed by atoms with E-state index in [9.17, 15) is 0 Å². The molecular weight excluding hydrogens is 613 g/mol. The zero-order valence-corrected chi connectivity index (χ0v) is 26.7. The molecule has 0 radical (unpaired) electrons. The van der Waals surface area contributed by atoms with Gasteiger partial charge in [-0.3, -0.25) is 0 Å².